The highest BCUT2D eigenvalue weighted by molar-refractivity contribution is 5.76. The van der Waals surface area contributed by atoms with E-state index in [0.29, 0.717) is 36.1 Å². The van der Waals surface area contributed by atoms with Crippen LogP contribution in [-0.4, -0.2) is 39.3 Å². The number of aromatic nitrogens is 4. The first kappa shape index (κ1) is 17.9. The molecule has 0 unspecified atom stereocenters. The minimum absolute atomic E-state index is 0.0803. The average Bonchev–Trinajstić information content (AvgIpc) is 3.16. The van der Waals surface area contributed by atoms with Gasteiger partial charge < -0.3 is 14.8 Å². The maximum Gasteiger partial charge on any atom is 0.244 e. The molecule has 1 amide bonds. The molecular formula is C19H18FN5O3. The van der Waals surface area contributed by atoms with Crippen molar-refractivity contribution in [1.29, 1.82) is 0 Å². The summed E-state index contributed by atoms with van der Waals surface area (Å²) in [4.78, 5) is 13.5. The van der Waals surface area contributed by atoms with Gasteiger partial charge in [0.2, 0.25) is 11.7 Å². The minimum atomic E-state index is -0.344. The number of halogens is 1. The fraction of sp³-hybridized carbons (Fsp3) is 0.263. The summed E-state index contributed by atoms with van der Waals surface area (Å²) in [6.45, 7) is 2.83. The van der Waals surface area contributed by atoms with Crippen molar-refractivity contribution >= 4 is 5.91 Å². The molecule has 9 heteroatoms. The van der Waals surface area contributed by atoms with Crippen molar-refractivity contribution in [3.05, 3.63) is 53.8 Å². The molecule has 1 aliphatic heterocycles. The Bertz CT molecular complexity index is 989. The van der Waals surface area contributed by atoms with E-state index in [9.17, 15) is 9.18 Å². The number of nitrogens with one attached hydrogen (secondary N) is 1. The zero-order valence-corrected chi connectivity index (χ0v) is 15.1. The molecule has 144 valence electrons. The average molecular weight is 383 g/mol. The van der Waals surface area contributed by atoms with Crippen LogP contribution in [-0.2, 0) is 11.3 Å². The van der Waals surface area contributed by atoms with Crippen molar-refractivity contribution in [2.45, 2.75) is 19.5 Å². The van der Waals surface area contributed by atoms with E-state index in [2.05, 4.69) is 20.7 Å². The molecule has 4 rings (SSSR count). The number of carbonyl (C=O) groups excluding carboxylic acids is 1. The van der Waals surface area contributed by atoms with Gasteiger partial charge in [-0.1, -0.05) is 6.07 Å². The number of carbonyl (C=O) groups is 1. The maximum atomic E-state index is 13.0. The van der Waals surface area contributed by atoms with E-state index in [1.54, 1.807) is 12.1 Å². The molecule has 0 radical (unpaired) electrons. The lowest BCUT2D eigenvalue weighted by Gasteiger charge is -2.21. The minimum Gasteiger partial charge on any atom is -0.486 e. The lowest BCUT2D eigenvalue weighted by atomic mass is 10.1. The summed E-state index contributed by atoms with van der Waals surface area (Å²) in [5.41, 5.74) is 1.52. The van der Waals surface area contributed by atoms with Gasteiger partial charge in [-0.05, 0) is 54.1 Å². The number of hydrogen-bond donors (Lipinski definition) is 1. The third-order valence-corrected chi connectivity index (χ3v) is 4.28. The third kappa shape index (κ3) is 3.93. The van der Waals surface area contributed by atoms with Crippen molar-refractivity contribution in [1.82, 2.24) is 25.5 Å². The van der Waals surface area contributed by atoms with Crippen LogP contribution in [0.2, 0.25) is 0 Å². The normalized spacial score (nSPS) is 13.8. The highest BCUT2D eigenvalue weighted by atomic mass is 19.1. The first-order chi connectivity index (χ1) is 13.6. The molecule has 1 aliphatic rings. The van der Waals surface area contributed by atoms with Crippen molar-refractivity contribution in [2.24, 2.45) is 0 Å². The van der Waals surface area contributed by atoms with Crippen LogP contribution in [0.5, 0.6) is 11.5 Å². The Hall–Kier alpha value is -3.49. The Kier molecular flexibility index (Phi) is 4.88. The van der Waals surface area contributed by atoms with Gasteiger partial charge in [0.1, 0.15) is 25.6 Å². The number of amides is 1. The maximum absolute atomic E-state index is 13.0. The number of hydrogen-bond acceptors (Lipinski definition) is 6. The molecule has 0 fully saturated rings. The molecular weight excluding hydrogens is 365 g/mol. The second-order valence-corrected chi connectivity index (χ2v) is 6.34. The lowest BCUT2D eigenvalue weighted by Crippen LogP contribution is -2.31. The van der Waals surface area contributed by atoms with Gasteiger partial charge in [0.15, 0.2) is 11.5 Å². The molecule has 0 aliphatic carbocycles. The summed E-state index contributed by atoms with van der Waals surface area (Å²) >= 11 is 0. The molecule has 2 aromatic carbocycles. The van der Waals surface area contributed by atoms with E-state index in [0.717, 1.165) is 5.56 Å². The number of nitrogens with zero attached hydrogens (tertiary/aromatic N) is 4. The van der Waals surface area contributed by atoms with E-state index in [4.69, 9.17) is 9.47 Å². The molecule has 28 heavy (non-hydrogen) atoms. The van der Waals surface area contributed by atoms with Gasteiger partial charge in [0.05, 0.1) is 6.04 Å². The van der Waals surface area contributed by atoms with Gasteiger partial charge in [-0.25, -0.2) is 4.39 Å². The van der Waals surface area contributed by atoms with Crippen LogP contribution in [0, 0.1) is 5.82 Å². The van der Waals surface area contributed by atoms with Gasteiger partial charge >= 0.3 is 0 Å². The zero-order valence-electron chi connectivity index (χ0n) is 15.1. The fourth-order valence-electron chi connectivity index (χ4n) is 2.85. The van der Waals surface area contributed by atoms with Crippen molar-refractivity contribution < 1.29 is 18.7 Å². The Balaban J connectivity index is 1.38. The second kappa shape index (κ2) is 7.63. The van der Waals surface area contributed by atoms with Gasteiger partial charge in [0, 0.05) is 5.56 Å². The van der Waals surface area contributed by atoms with E-state index < -0.39 is 0 Å². The van der Waals surface area contributed by atoms with Crippen LogP contribution in [0.1, 0.15) is 18.5 Å². The van der Waals surface area contributed by atoms with Crippen LogP contribution in [0.15, 0.2) is 42.5 Å². The van der Waals surface area contributed by atoms with Crippen molar-refractivity contribution in [3.63, 3.8) is 0 Å². The predicted molar refractivity (Wildman–Crippen MR) is 97.2 cm³/mol. The van der Waals surface area contributed by atoms with Crippen molar-refractivity contribution in [3.8, 4) is 22.9 Å². The number of ether oxygens (including phenoxy) is 2. The van der Waals surface area contributed by atoms with Gasteiger partial charge in [-0.3, -0.25) is 4.79 Å². The van der Waals surface area contributed by atoms with Crippen LogP contribution in [0.4, 0.5) is 4.39 Å². The zero-order chi connectivity index (χ0) is 19.5. The highest BCUT2D eigenvalue weighted by Crippen LogP contribution is 2.32. The summed E-state index contributed by atoms with van der Waals surface area (Å²) in [6.07, 6.45) is 0. The fourth-order valence-corrected chi connectivity index (χ4v) is 2.85. The Labute approximate surface area is 160 Å². The molecule has 1 atom stereocenters. The van der Waals surface area contributed by atoms with Gasteiger partial charge in [-0.2, -0.15) is 4.80 Å². The van der Waals surface area contributed by atoms with E-state index in [1.807, 2.05) is 25.1 Å². The lowest BCUT2D eigenvalue weighted by molar-refractivity contribution is -0.122. The summed E-state index contributed by atoms with van der Waals surface area (Å²) < 4.78 is 24.1. The van der Waals surface area contributed by atoms with Crippen LogP contribution in [0.3, 0.4) is 0 Å². The predicted octanol–water partition coefficient (Wildman–Crippen LogP) is 2.13. The van der Waals surface area contributed by atoms with E-state index in [1.165, 1.54) is 16.9 Å². The quantitative estimate of drug-likeness (QED) is 0.726. The molecule has 1 aromatic heterocycles. The molecule has 0 saturated heterocycles. The summed E-state index contributed by atoms with van der Waals surface area (Å²) in [5, 5.41) is 14.8. The van der Waals surface area contributed by atoms with Crippen LogP contribution >= 0.6 is 0 Å². The highest BCUT2D eigenvalue weighted by Gasteiger charge is 2.17. The number of benzene rings is 2. The van der Waals surface area contributed by atoms with Crippen molar-refractivity contribution in [2.75, 3.05) is 13.2 Å². The van der Waals surface area contributed by atoms with Crippen LogP contribution < -0.4 is 14.8 Å². The van der Waals surface area contributed by atoms with E-state index >= 15 is 0 Å². The van der Waals surface area contributed by atoms with Gasteiger partial charge in [-0.15, -0.1) is 10.2 Å². The summed E-state index contributed by atoms with van der Waals surface area (Å²) in [7, 11) is 0. The molecule has 0 bridgehead atoms. The number of fused-ring (bicyclic) bond motifs is 1. The Morgan fingerprint density at radius 3 is 2.71 bits per heavy atom. The largest absolute Gasteiger partial charge is 0.486 e. The Morgan fingerprint density at radius 1 is 1.18 bits per heavy atom. The van der Waals surface area contributed by atoms with E-state index in [-0.39, 0.29) is 24.3 Å². The first-order valence-corrected chi connectivity index (χ1v) is 8.81. The monoisotopic (exact) mass is 383 g/mol. The molecule has 3 aromatic rings. The summed E-state index contributed by atoms with van der Waals surface area (Å²) in [5.74, 6) is 1.10. The molecule has 0 spiro atoms. The standard InChI is InChI=1S/C19H18FN5O3/c1-12(14-4-7-16-17(10-14)28-9-8-27-16)21-18(26)11-25-23-19(22-24-25)13-2-5-15(20)6-3-13/h2-7,10,12H,8-9,11H2,1H3,(H,21,26)/t12-/m1/s1. The summed E-state index contributed by atoms with van der Waals surface area (Å²) in [6, 6.07) is 11.1. The number of tetrazole rings is 1. The Morgan fingerprint density at radius 2 is 1.93 bits per heavy atom. The number of rotatable bonds is 5. The smallest absolute Gasteiger partial charge is 0.244 e. The second-order valence-electron chi connectivity index (χ2n) is 6.34. The van der Waals surface area contributed by atoms with Gasteiger partial charge in [0.25, 0.3) is 0 Å². The first-order valence-electron chi connectivity index (χ1n) is 8.81. The SMILES string of the molecule is C[C@@H](NC(=O)Cn1nnc(-c2ccc(F)cc2)n1)c1ccc2c(c1)OCCO2. The third-order valence-electron chi connectivity index (χ3n) is 4.28. The van der Waals surface area contributed by atoms with Crippen LogP contribution in [0.25, 0.3) is 11.4 Å². The molecule has 0 saturated carbocycles. The molecule has 1 N–H and O–H groups in total. The molecule has 2 heterocycles. The topological polar surface area (TPSA) is 91.2 Å². The molecule has 8 nitrogen and oxygen atoms in total.